The Bertz CT molecular complexity index is 1160. The smallest absolute Gasteiger partial charge is 0.260 e. The van der Waals surface area contributed by atoms with E-state index in [0.717, 1.165) is 40.1 Å². The fraction of sp³-hybridized carbons (Fsp3) is 0.286. The first kappa shape index (κ1) is 22.9. The molecule has 30 heavy (non-hydrogen) atoms. The van der Waals surface area contributed by atoms with Gasteiger partial charge in [0.25, 0.3) is 5.91 Å². The van der Waals surface area contributed by atoms with Crippen molar-refractivity contribution in [3.05, 3.63) is 52.5 Å². The SMILES string of the molecule is CCN(CC)CCN(C(=O)c1ccc2ncsc2c1)c1nc2ccc(Cl)cc2s1.Cl. The third kappa shape index (κ3) is 4.76. The Balaban J connectivity index is 0.00000256. The molecule has 1 amide bonds. The predicted octanol–water partition coefficient (Wildman–Crippen LogP) is 5.97. The fourth-order valence-corrected chi connectivity index (χ4v) is 5.19. The van der Waals surface area contributed by atoms with E-state index in [0.29, 0.717) is 22.3 Å². The lowest BCUT2D eigenvalue weighted by molar-refractivity contribution is 0.0984. The summed E-state index contributed by atoms with van der Waals surface area (Å²) in [5.74, 6) is -0.0439. The van der Waals surface area contributed by atoms with Crippen molar-refractivity contribution >= 4 is 78.2 Å². The Labute approximate surface area is 194 Å². The van der Waals surface area contributed by atoms with Gasteiger partial charge < -0.3 is 4.90 Å². The number of aromatic nitrogens is 2. The van der Waals surface area contributed by atoms with E-state index in [4.69, 9.17) is 16.6 Å². The van der Waals surface area contributed by atoms with Gasteiger partial charge in [-0.05, 0) is 49.5 Å². The van der Waals surface area contributed by atoms with Crippen LogP contribution in [0.3, 0.4) is 0 Å². The van der Waals surface area contributed by atoms with E-state index >= 15 is 0 Å². The zero-order chi connectivity index (χ0) is 20.4. The largest absolute Gasteiger partial charge is 0.302 e. The average molecular weight is 481 g/mol. The quantitative estimate of drug-likeness (QED) is 0.326. The van der Waals surface area contributed by atoms with Gasteiger partial charge in [0.05, 0.1) is 25.9 Å². The molecule has 0 radical (unpaired) electrons. The first-order chi connectivity index (χ1) is 14.1. The van der Waals surface area contributed by atoms with Crippen LogP contribution in [-0.4, -0.2) is 47.0 Å². The third-order valence-electron chi connectivity index (χ3n) is 4.93. The molecule has 0 atom stereocenters. The van der Waals surface area contributed by atoms with Crippen LogP contribution in [0.15, 0.2) is 41.9 Å². The highest BCUT2D eigenvalue weighted by atomic mass is 35.5. The van der Waals surface area contributed by atoms with Crippen LogP contribution in [0.4, 0.5) is 5.13 Å². The molecule has 2 aromatic heterocycles. The van der Waals surface area contributed by atoms with Crippen molar-refractivity contribution in [2.45, 2.75) is 13.8 Å². The Hall–Kier alpha value is -1.77. The highest BCUT2D eigenvalue weighted by Crippen LogP contribution is 2.32. The minimum absolute atomic E-state index is 0. The Morgan fingerprint density at radius 1 is 1.03 bits per heavy atom. The van der Waals surface area contributed by atoms with Crippen molar-refractivity contribution in [1.82, 2.24) is 14.9 Å². The van der Waals surface area contributed by atoms with Gasteiger partial charge >= 0.3 is 0 Å². The van der Waals surface area contributed by atoms with E-state index < -0.39 is 0 Å². The van der Waals surface area contributed by atoms with Gasteiger partial charge in [-0.3, -0.25) is 9.69 Å². The van der Waals surface area contributed by atoms with E-state index in [1.165, 1.54) is 22.7 Å². The standard InChI is InChI=1S/C21H21ClN4OS2.ClH/c1-3-25(4-2)9-10-26(21-24-17-8-6-15(22)12-19(17)29-21)20(27)14-5-7-16-18(11-14)28-13-23-16;/h5-8,11-13H,3-4,9-10H2,1-2H3;1H. The van der Waals surface area contributed by atoms with Crippen LogP contribution in [0, 0.1) is 0 Å². The number of carbonyl (C=O) groups is 1. The molecular weight excluding hydrogens is 459 g/mol. The minimum atomic E-state index is -0.0439. The molecule has 0 unspecified atom stereocenters. The summed E-state index contributed by atoms with van der Waals surface area (Å²) in [6, 6.07) is 11.3. The number of carbonyl (C=O) groups excluding carboxylic acids is 1. The number of rotatable bonds is 7. The summed E-state index contributed by atoms with van der Waals surface area (Å²) in [6.45, 7) is 7.52. The second-order valence-electron chi connectivity index (χ2n) is 6.63. The zero-order valence-electron chi connectivity index (χ0n) is 16.7. The molecule has 2 aromatic carbocycles. The van der Waals surface area contributed by atoms with Gasteiger partial charge in [-0.15, -0.1) is 23.7 Å². The molecule has 158 valence electrons. The van der Waals surface area contributed by atoms with Crippen molar-refractivity contribution in [2.24, 2.45) is 0 Å². The number of hydrogen-bond acceptors (Lipinski definition) is 6. The molecule has 0 aliphatic rings. The number of benzene rings is 2. The van der Waals surface area contributed by atoms with Gasteiger partial charge in [-0.25, -0.2) is 9.97 Å². The normalized spacial score (nSPS) is 11.2. The number of likely N-dealkylation sites (N-methyl/N-ethyl adjacent to an activating group) is 1. The molecule has 4 rings (SSSR count). The topological polar surface area (TPSA) is 49.3 Å². The summed E-state index contributed by atoms with van der Waals surface area (Å²) >= 11 is 9.17. The van der Waals surface area contributed by atoms with Crippen LogP contribution in [0.25, 0.3) is 20.4 Å². The van der Waals surface area contributed by atoms with Gasteiger partial charge in [0, 0.05) is 23.7 Å². The molecule has 4 aromatic rings. The van der Waals surface area contributed by atoms with Crippen molar-refractivity contribution < 1.29 is 4.79 Å². The lowest BCUT2D eigenvalue weighted by Gasteiger charge is -2.24. The molecule has 0 aliphatic heterocycles. The molecular formula is C21H22Cl2N4OS2. The van der Waals surface area contributed by atoms with Crippen LogP contribution in [0.2, 0.25) is 5.02 Å². The van der Waals surface area contributed by atoms with Crippen LogP contribution < -0.4 is 4.90 Å². The van der Waals surface area contributed by atoms with Gasteiger partial charge in [-0.2, -0.15) is 0 Å². The first-order valence-electron chi connectivity index (χ1n) is 9.52. The van der Waals surface area contributed by atoms with Gasteiger partial charge in [-0.1, -0.05) is 36.8 Å². The molecule has 2 heterocycles. The molecule has 5 nitrogen and oxygen atoms in total. The summed E-state index contributed by atoms with van der Waals surface area (Å²) in [6.07, 6.45) is 0. The van der Waals surface area contributed by atoms with Gasteiger partial charge in [0.15, 0.2) is 5.13 Å². The summed E-state index contributed by atoms with van der Waals surface area (Å²) in [5, 5.41) is 1.37. The van der Waals surface area contributed by atoms with Crippen molar-refractivity contribution in [3.8, 4) is 0 Å². The zero-order valence-corrected chi connectivity index (χ0v) is 19.9. The number of anilines is 1. The van der Waals surface area contributed by atoms with Gasteiger partial charge in [0.1, 0.15) is 0 Å². The van der Waals surface area contributed by atoms with Crippen molar-refractivity contribution in [1.29, 1.82) is 0 Å². The van der Waals surface area contributed by atoms with E-state index in [9.17, 15) is 4.79 Å². The molecule has 0 N–H and O–H groups in total. The lowest BCUT2D eigenvalue weighted by atomic mass is 10.2. The molecule has 0 aliphatic carbocycles. The molecule has 9 heteroatoms. The number of halogens is 2. The highest BCUT2D eigenvalue weighted by molar-refractivity contribution is 7.22. The van der Waals surface area contributed by atoms with E-state index in [2.05, 4.69) is 23.7 Å². The second kappa shape index (κ2) is 10.0. The predicted molar refractivity (Wildman–Crippen MR) is 131 cm³/mol. The van der Waals surface area contributed by atoms with Gasteiger partial charge in [0.2, 0.25) is 0 Å². The summed E-state index contributed by atoms with van der Waals surface area (Å²) in [5.41, 5.74) is 4.22. The Kier molecular flexibility index (Phi) is 7.65. The van der Waals surface area contributed by atoms with E-state index in [-0.39, 0.29) is 18.3 Å². The first-order valence-corrected chi connectivity index (χ1v) is 11.6. The minimum Gasteiger partial charge on any atom is -0.302 e. The Morgan fingerprint density at radius 2 is 1.80 bits per heavy atom. The maximum Gasteiger partial charge on any atom is 0.260 e. The van der Waals surface area contributed by atoms with Crippen LogP contribution in [0.1, 0.15) is 24.2 Å². The monoisotopic (exact) mass is 480 g/mol. The van der Waals surface area contributed by atoms with Crippen LogP contribution in [0.5, 0.6) is 0 Å². The van der Waals surface area contributed by atoms with Crippen LogP contribution in [-0.2, 0) is 0 Å². The van der Waals surface area contributed by atoms with Crippen LogP contribution >= 0.6 is 46.7 Å². The lowest BCUT2D eigenvalue weighted by Crippen LogP contribution is -2.38. The van der Waals surface area contributed by atoms with Crippen molar-refractivity contribution in [3.63, 3.8) is 0 Å². The van der Waals surface area contributed by atoms with E-state index in [1.807, 2.05) is 36.4 Å². The van der Waals surface area contributed by atoms with Crippen molar-refractivity contribution in [2.75, 3.05) is 31.1 Å². The highest BCUT2D eigenvalue weighted by Gasteiger charge is 2.22. The molecule has 0 saturated carbocycles. The summed E-state index contributed by atoms with van der Waals surface area (Å²) in [4.78, 5) is 26.6. The maximum atomic E-state index is 13.5. The molecule has 0 saturated heterocycles. The average Bonchev–Trinajstić information content (AvgIpc) is 3.36. The summed E-state index contributed by atoms with van der Waals surface area (Å²) in [7, 11) is 0. The molecule has 0 bridgehead atoms. The fourth-order valence-electron chi connectivity index (χ4n) is 3.21. The Morgan fingerprint density at radius 3 is 2.57 bits per heavy atom. The summed E-state index contributed by atoms with van der Waals surface area (Å²) < 4.78 is 1.99. The maximum absolute atomic E-state index is 13.5. The number of fused-ring (bicyclic) bond motifs is 2. The number of amides is 1. The number of hydrogen-bond donors (Lipinski definition) is 0. The second-order valence-corrected chi connectivity index (χ2v) is 8.96. The third-order valence-corrected chi connectivity index (χ3v) is 7.00. The number of thiazole rings is 2. The molecule has 0 spiro atoms. The molecule has 0 fully saturated rings. The van der Waals surface area contributed by atoms with E-state index in [1.54, 1.807) is 10.4 Å². The number of nitrogens with zero attached hydrogens (tertiary/aromatic N) is 4.